The second-order valence-corrected chi connectivity index (χ2v) is 14.4. The largest absolute Gasteiger partial charge is 0.460 e. The minimum atomic E-state index is -0.980. The molecule has 1 fully saturated rings. The highest BCUT2D eigenvalue weighted by Gasteiger charge is 2.55. The van der Waals surface area contributed by atoms with Gasteiger partial charge in [0.1, 0.15) is 35.0 Å². The number of anilines is 1. The van der Waals surface area contributed by atoms with Gasteiger partial charge in [-0.3, -0.25) is 19.3 Å². The zero-order chi connectivity index (χ0) is 35.8. The standard InChI is InChI=1S/C35H39N5O8S2/c1-35(2,3)48-25(41)16-11-17-46-39-26(24-20-50-34(36)37-24)30(42)38-27-31(43)40-28(23(18-45-4)19-49-32(27)40)33(44)47-29(21-12-7-5-8-13-21)22-14-9-6-10-15-22/h5-10,12-15,20,27,29,32H,11,16-19H2,1-4H3,(H2,36,37)(H,38,42)/t27?,32-/m0/s1. The zero-order valence-electron chi connectivity index (χ0n) is 28.1. The third kappa shape index (κ3) is 8.89. The molecule has 0 aliphatic carbocycles. The first kappa shape index (κ1) is 36.5. The molecule has 0 saturated carbocycles. The molecule has 3 aromatic rings. The van der Waals surface area contributed by atoms with Gasteiger partial charge in [-0.05, 0) is 43.9 Å². The number of nitrogens with zero attached hydrogens (tertiary/aromatic N) is 3. The van der Waals surface area contributed by atoms with Crippen LogP contribution in [0.25, 0.3) is 0 Å². The number of amides is 2. The highest BCUT2D eigenvalue weighted by atomic mass is 32.2. The molecule has 13 nitrogen and oxygen atoms in total. The fourth-order valence-corrected chi connectivity index (χ4v) is 7.17. The van der Waals surface area contributed by atoms with Crippen LogP contribution in [0.5, 0.6) is 0 Å². The minimum absolute atomic E-state index is 0.0236. The maximum atomic E-state index is 14.0. The van der Waals surface area contributed by atoms with E-state index < -0.39 is 40.9 Å². The van der Waals surface area contributed by atoms with Gasteiger partial charge in [-0.1, -0.05) is 65.8 Å². The Morgan fingerprint density at radius 2 is 1.74 bits per heavy atom. The number of nitrogen functional groups attached to an aromatic ring is 1. The Kier molecular flexibility index (Phi) is 11.9. The Labute approximate surface area is 298 Å². The van der Waals surface area contributed by atoms with E-state index in [1.54, 1.807) is 26.2 Å². The molecule has 2 atom stereocenters. The van der Waals surface area contributed by atoms with Gasteiger partial charge in [-0.2, -0.15) is 0 Å². The van der Waals surface area contributed by atoms with Gasteiger partial charge in [0.05, 0.1) is 6.61 Å². The second kappa shape index (κ2) is 16.3. The number of methoxy groups -OCH3 is 1. The average Bonchev–Trinajstić information content (AvgIpc) is 3.52. The van der Waals surface area contributed by atoms with Gasteiger partial charge in [0.15, 0.2) is 16.9 Å². The first-order chi connectivity index (χ1) is 24.0. The number of nitrogens with one attached hydrogen (secondary N) is 1. The van der Waals surface area contributed by atoms with Crippen molar-refractivity contribution in [2.24, 2.45) is 5.16 Å². The van der Waals surface area contributed by atoms with Crippen molar-refractivity contribution in [2.75, 3.05) is 31.8 Å². The van der Waals surface area contributed by atoms with Gasteiger partial charge in [0.25, 0.3) is 11.8 Å². The van der Waals surface area contributed by atoms with Crippen LogP contribution in [0.4, 0.5) is 5.13 Å². The predicted octanol–water partition coefficient (Wildman–Crippen LogP) is 4.20. The van der Waals surface area contributed by atoms with Crippen molar-refractivity contribution in [2.45, 2.75) is 56.7 Å². The Morgan fingerprint density at radius 1 is 1.08 bits per heavy atom. The number of fused-ring (bicyclic) bond motifs is 1. The monoisotopic (exact) mass is 721 g/mol. The molecule has 15 heteroatoms. The molecule has 2 aromatic carbocycles. The summed E-state index contributed by atoms with van der Waals surface area (Å²) in [6.45, 7) is 5.48. The number of benzene rings is 2. The number of carbonyl (C=O) groups excluding carboxylic acids is 4. The van der Waals surface area contributed by atoms with Crippen molar-refractivity contribution in [1.82, 2.24) is 15.2 Å². The molecular formula is C35H39N5O8S2. The van der Waals surface area contributed by atoms with Crippen molar-refractivity contribution in [3.05, 3.63) is 94.1 Å². The molecule has 264 valence electrons. The number of rotatable bonds is 14. The smallest absolute Gasteiger partial charge is 0.356 e. The maximum absolute atomic E-state index is 14.0. The number of aromatic nitrogens is 1. The first-order valence-corrected chi connectivity index (χ1v) is 17.8. The molecule has 50 heavy (non-hydrogen) atoms. The molecule has 2 amide bonds. The van der Waals surface area contributed by atoms with E-state index in [-0.39, 0.29) is 47.8 Å². The van der Waals surface area contributed by atoms with E-state index in [1.165, 1.54) is 23.8 Å². The number of esters is 2. The van der Waals surface area contributed by atoms with Gasteiger partial charge in [-0.15, -0.1) is 23.1 Å². The van der Waals surface area contributed by atoms with Gasteiger partial charge in [0, 0.05) is 24.7 Å². The molecule has 0 radical (unpaired) electrons. The lowest BCUT2D eigenvalue weighted by molar-refractivity contribution is -0.155. The van der Waals surface area contributed by atoms with E-state index in [9.17, 15) is 19.2 Å². The van der Waals surface area contributed by atoms with Crippen molar-refractivity contribution >= 4 is 57.7 Å². The van der Waals surface area contributed by atoms with Crippen molar-refractivity contribution in [3.63, 3.8) is 0 Å². The van der Waals surface area contributed by atoms with Crippen molar-refractivity contribution < 1.29 is 38.2 Å². The van der Waals surface area contributed by atoms with E-state index >= 15 is 0 Å². The number of thiazole rings is 1. The van der Waals surface area contributed by atoms with Gasteiger partial charge in [-0.25, -0.2) is 9.78 Å². The first-order valence-electron chi connectivity index (χ1n) is 15.9. The third-order valence-corrected chi connectivity index (χ3v) is 9.46. The summed E-state index contributed by atoms with van der Waals surface area (Å²) in [7, 11) is 1.51. The number of hydrogen-bond donors (Lipinski definition) is 2. The molecule has 0 bridgehead atoms. The minimum Gasteiger partial charge on any atom is -0.460 e. The Bertz CT molecular complexity index is 1720. The molecule has 0 spiro atoms. The van der Waals surface area contributed by atoms with Crippen molar-refractivity contribution in [1.29, 1.82) is 0 Å². The Morgan fingerprint density at radius 3 is 2.32 bits per heavy atom. The molecule has 2 aliphatic rings. The van der Waals surface area contributed by atoms with Crippen LogP contribution in [0.3, 0.4) is 0 Å². The number of nitrogens with two attached hydrogens (primary N) is 1. The number of oxime groups is 1. The molecule has 1 unspecified atom stereocenters. The zero-order valence-corrected chi connectivity index (χ0v) is 29.8. The van der Waals surface area contributed by atoms with E-state index in [2.05, 4.69) is 15.5 Å². The third-order valence-electron chi connectivity index (χ3n) is 7.45. The quantitative estimate of drug-likeness (QED) is 0.0804. The number of hydrogen-bond acceptors (Lipinski definition) is 13. The average molecular weight is 722 g/mol. The molecule has 2 aliphatic heterocycles. The highest BCUT2D eigenvalue weighted by Crippen LogP contribution is 2.41. The fourth-order valence-electron chi connectivity index (χ4n) is 5.30. The normalized spacial score (nSPS) is 17.6. The lowest BCUT2D eigenvalue weighted by atomic mass is 10.0. The van der Waals surface area contributed by atoms with Crippen LogP contribution >= 0.6 is 23.1 Å². The van der Waals surface area contributed by atoms with Gasteiger partial charge in [0.2, 0.25) is 0 Å². The van der Waals surface area contributed by atoms with E-state index in [1.807, 2.05) is 60.7 Å². The van der Waals surface area contributed by atoms with E-state index in [0.717, 1.165) is 22.5 Å². The van der Waals surface area contributed by atoms with Crippen LogP contribution in [0.1, 0.15) is 56.5 Å². The van der Waals surface area contributed by atoms with Crippen LogP contribution in [0, 0.1) is 0 Å². The summed E-state index contributed by atoms with van der Waals surface area (Å²) in [5.41, 5.74) is 7.41. The summed E-state index contributed by atoms with van der Waals surface area (Å²) in [6.07, 6.45) is -0.329. The molecule has 1 saturated heterocycles. The van der Waals surface area contributed by atoms with Crippen LogP contribution < -0.4 is 11.1 Å². The van der Waals surface area contributed by atoms with Crippen LogP contribution in [-0.2, 0) is 38.2 Å². The summed E-state index contributed by atoms with van der Waals surface area (Å²) in [5.74, 6) is -1.91. The summed E-state index contributed by atoms with van der Waals surface area (Å²) >= 11 is 2.50. The number of ether oxygens (including phenoxy) is 3. The summed E-state index contributed by atoms with van der Waals surface area (Å²) in [4.78, 5) is 64.2. The van der Waals surface area contributed by atoms with E-state index in [4.69, 9.17) is 24.8 Å². The molecule has 3 N–H and O–H groups in total. The summed E-state index contributed by atoms with van der Waals surface area (Å²) < 4.78 is 16.8. The summed E-state index contributed by atoms with van der Waals surface area (Å²) in [5, 5.41) is 7.90. The molecule has 1 aromatic heterocycles. The highest BCUT2D eigenvalue weighted by molar-refractivity contribution is 8.00. The van der Waals surface area contributed by atoms with Gasteiger partial charge >= 0.3 is 11.9 Å². The molecular weight excluding hydrogens is 683 g/mol. The SMILES string of the molecule is COCC1=C(C(=O)OC(c2ccccc2)c2ccccc2)N2C(=O)C(NC(=O)C(=NOCCCC(=O)OC(C)(C)C)c3csc(N)n3)[C@@H]2SC1. The van der Waals surface area contributed by atoms with Gasteiger partial charge < -0.3 is 30.1 Å². The second-order valence-electron chi connectivity index (χ2n) is 12.4. The molecule has 5 rings (SSSR count). The van der Waals surface area contributed by atoms with Crippen LogP contribution in [0.15, 0.2) is 82.5 Å². The Balaban J connectivity index is 1.30. The lowest BCUT2D eigenvalue weighted by Gasteiger charge is -2.49. The number of carbonyl (C=O) groups is 4. The summed E-state index contributed by atoms with van der Waals surface area (Å²) in [6, 6.07) is 17.7. The van der Waals surface area contributed by atoms with Crippen molar-refractivity contribution in [3.8, 4) is 0 Å². The number of thioether (sulfide) groups is 1. The van der Waals surface area contributed by atoms with Crippen LogP contribution in [0.2, 0.25) is 0 Å². The predicted molar refractivity (Wildman–Crippen MR) is 189 cm³/mol. The Hall–Kier alpha value is -4.73. The fraction of sp³-hybridized carbons (Fsp3) is 0.371. The van der Waals surface area contributed by atoms with Crippen LogP contribution in [-0.4, -0.2) is 82.4 Å². The molecule has 3 heterocycles. The topological polar surface area (TPSA) is 172 Å². The number of β-lactam (4-membered cyclic amide) rings is 1. The maximum Gasteiger partial charge on any atom is 0.356 e. The lowest BCUT2D eigenvalue weighted by Crippen LogP contribution is -2.71. The van der Waals surface area contributed by atoms with E-state index in [0.29, 0.717) is 17.7 Å².